The van der Waals surface area contributed by atoms with Gasteiger partial charge in [0.2, 0.25) is 0 Å². The van der Waals surface area contributed by atoms with E-state index in [9.17, 15) is 4.79 Å². The fourth-order valence-electron chi connectivity index (χ4n) is 2.64. The molecule has 2 heterocycles. The summed E-state index contributed by atoms with van der Waals surface area (Å²) in [6.45, 7) is 8.59. The van der Waals surface area contributed by atoms with Crippen molar-refractivity contribution in [1.82, 2.24) is 9.88 Å². The van der Waals surface area contributed by atoms with Gasteiger partial charge >= 0.3 is 6.09 Å². The van der Waals surface area contributed by atoms with Gasteiger partial charge in [0.05, 0.1) is 11.1 Å². The normalized spacial score (nSPS) is 19.1. The fourth-order valence-corrected chi connectivity index (χ4v) is 3.23. The average Bonchev–Trinajstić information content (AvgIpc) is 2.47. The van der Waals surface area contributed by atoms with Crippen LogP contribution in [0.4, 0.5) is 4.79 Å². The van der Waals surface area contributed by atoms with E-state index < -0.39 is 5.60 Å². The Hall–Kier alpha value is -1.23. The maximum atomic E-state index is 12.4. The summed E-state index contributed by atoms with van der Waals surface area (Å²) in [5.41, 5.74) is 0.643. The first-order valence-corrected chi connectivity index (χ1v) is 8.97. The van der Waals surface area contributed by atoms with Gasteiger partial charge in [-0.3, -0.25) is 0 Å². The molecule has 1 aromatic heterocycles. The lowest BCUT2D eigenvalue weighted by Crippen LogP contribution is -2.41. The van der Waals surface area contributed by atoms with Crippen molar-refractivity contribution in [1.29, 1.82) is 0 Å². The third kappa shape index (κ3) is 4.63. The number of thioether (sulfide) groups is 1. The zero-order chi connectivity index (χ0) is 16.2. The maximum Gasteiger partial charge on any atom is 0.410 e. The minimum absolute atomic E-state index is 0.0803. The number of carbonyl (C=O) groups is 1. The summed E-state index contributed by atoms with van der Waals surface area (Å²) in [7, 11) is 0. The Balaban J connectivity index is 2.13. The van der Waals surface area contributed by atoms with Gasteiger partial charge in [0.1, 0.15) is 5.60 Å². The molecule has 1 saturated heterocycles. The molecule has 1 fully saturated rings. The number of hydrogen-bond acceptors (Lipinski definition) is 4. The highest BCUT2D eigenvalue weighted by Gasteiger charge is 2.31. The molecule has 22 heavy (non-hydrogen) atoms. The van der Waals surface area contributed by atoms with Crippen LogP contribution >= 0.6 is 11.8 Å². The Morgan fingerprint density at radius 2 is 2.18 bits per heavy atom. The van der Waals surface area contributed by atoms with E-state index in [-0.39, 0.29) is 12.1 Å². The van der Waals surface area contributed by atoms with Crippen molar-refractivity contribution in [2.24, 2.45) is 0 Å². The van der Waals surface area contributed by atoms with Crippen LogP contribution in [0.5, 0.6) is 0 Å². The molecular weight excluding hydrogens is 296 g/mol. The van der Waals surface area contributed by atoms with Crippen LogP contribution in [0, 0.1) is 0 Å². The van der Waals surface area contributed by atoms with E-state index in [1.807, 2.05) is 37.9 Å². The molecular formula is C17H26N2O2S. The third-order valence-electron chi connectivity index (χ3n) is 3.57. The van der Waals surface area contributed by atoms with Crippen LogP contribution in [-0.4, -0.2) is 33.9 Å². The number of amides is 1. The van der Waals surface area contributed by atoms with E-state index >= 15 is 0 Å². The minimum Gasteiger partial charge on any atom is -0.444 e. The molecule has 0 saturated carbocycles. The Labute approximate surface area is 137 Å². The highest BCUT2D eigenvalue weighted by atomic mass is 32.2. The number of likely N-dealkylation sites (tertiary alicyclic amines) is 1. The lowest BCUT2D eigenvalue weighted by atomic mass is 9.97. The lowest BCUT2D eigenvalue weighted by molar-refractivity contribution is 0.00947. The number of nitrogens with zero attached hydrogens (tertiary/aromatic N) is 2. The SMILES string of the molecule is CCSc1ccc([C@H]2CCCCN2C(=O)OC(C)(C)C)cn1. The van der Waals surface area contributed by atoms with Crippen molar-refractivity contribution in [2.45, 2.75) is 63.6 Å². The zero-order valence-corrected chi connectivity index (χ0v) is 14.8. The van der Waals surface area contributed by atoms with Crippen molar-refractivity contribution >= 4 is 17.9 Å². The molecule has 1 aromatic rings. The van der Waals surface area contributed by atoms with E-state index in [1.165, 1.54) is 0 Å². The fraction of sp³-hybridized carbons (Fsp3) is 0.647. The number of pyridine rings is 1. The maximum absolute atomic E-state index is 12.4. The molecule has 1 atom stereocenters. The van der Waals surface area contributed by atoms with E-state index in [0.29, 0.717) is 0 Å². The van der Waals surface area contributed by atoms with Gasteiger partial charge in [-0.25, -0.2) is 9.78 Å². The molecule has 2 rings (SSSR count). The molecule has 122 valence electrons. The summed E-state index contributed by atoms with van der Waals surface area (Å²) in [5.74, 6) is 1.01. The number of carbonyl (C=O) groups excluding carboxylic acids is 1. The van der Waals surface area contributed by atoms with Crippen molar-refractivity contribution in [3.63, 3.8) is 0 Å². The van der Waals surface area contributed by atoms with Crippen molar-refractivity contribution in [2.75, 3.05) is 12.3 Å². The number of ether oxygens (including phenoxy) is 1. The molecule has 5 heteroatoms. The van der Waals surface area contributed by atoms with Crippen molar-refractivity contribution < 1.29 is 9.53 Å². The second kappa shape index (κ2) is 7.36. The number of hydrogen-bond donors (Lipinski definition) is 0. The van der Waals surface area contributed by atoms with Crippen molar-refractivity contribution in [3.8, 4) is 0 Å². The summed E-state index contributed by atoms with van der Waals surface area (Å²) in [4.78, 5) is 18.8. The van der Waals surface area contributed by atoms with Gasteiger partial charge in [-0.15, -0.1) is 11.8 Å². The Bertz CT molecular complexity index is 496. The second-order valence-electron chi connectivity index (χ2n) is 6.55. The predicted octanol–water partition coefficient (Wildman–Crippen LogP) is 4.66. The first-order valence-electron chi connectivity index (χ1n) is 7.99. The first-order chi connectivity index (χ1) is 10.4. The topological polar surface area (TPSA) is 42.4 Å². The average molecular weight is 322 g/mol. The Morgan fingerprint density at radius 3 is 2.77 bits per heavy atom. The number of rotatable bonds is 3. The molecule has 0 aromatic carbocycles. The van der Waals surface area contributed by atoms with Crippen LogP contribution in [-0.2, 0) is 4.74 Å². The molecule has 0 unspecified atom stereocenters. The molecule has 1 aliphatic rings. The smallest absolute Gasteiger partial charge is 0.410 e. The van der Waals surface area contributed by atoms with Gasteiger partial charge in [-0.1, -0.05) is 13.0 Å². The third-order valence-corrected chi connectivity index (χ3v) is 4.39. The van der Waals surface area contributed by atoms with Gasteiger partial charge < -0.3 is 9.64 Å². The first kappa shape index (κ1) is 17.1. The molecule has 1 aliphatic heterocycles. The highest BCUT2D eigenvalue weighted by molar-refractivity contribution is 7.99. The van der Waals surface area contributed by atoms with E-state index in [4.69, 9.17) is 4.74 Å². The lowest BCUT2D eigenvalue weighted by Gasteiger charge is -2.36. The number of piperidine rings is 1. The van der Waals surface area contributed by atoms with E-state index in [2.05, 4.69) is 18.0 Å². The molecule has 0 aliphatic carbocycles. The van der Waals surface area contributed by atoms with Crippen LogP contribution in [0.15, 0.2) is 23.4 Å². The van der Waals surface area contributed by atoms with E-state index in [0.717, 1.165) is 42.1 Å². The molecule has 0 N–H and O–H groups in total. The van der Waals surface area contributed by atoms with E-state index in [1.54, 1.807) is 11.8 Å². The van der Waals surface area contributed by atoms with Crippen LogP contribution in [0.3, 0.4) is 0 Å². The standard InChI is InChI=1S/C17H26N2O2S/c1-5-22-15-10-9-13(12-18-15)14-8-6-7-11-19(14)16(20)21-17(2,3)4/h9-10,12,14H,5-8,11H2,1-4H3/t14-/m1/s1. The summed E-state index contributed by atoms with van der Waals surface area (Å²) < 4.78 is 5.55. The summed E-state index contributed by atoms with van der Waals surface area (Å²) >= 11 is 1.73. The highest BCUT2D eigenvalue weighted by Crippen LogP contribution is 2.32. The summed E-state index contributed by atoms with van der Waals surface area (Å²) in [6.07, 6.45) is 4.83. The molecule has 1 amide bonds. The molecule has 4 nitrogen and oxygen atoms in total. The minimum atomic E-state index is -0.459. The van der Waals surface area contributed by atoms with Gasteiger partial charge in [-0.05, 0) is 57.4 Å². The Kier molecular flexibility index (Phi) is 5.73. The Morgan fingerprint density at radius 1 is 1.41 bits per heavy atom. The van der Waals surface area contributed by atoms with Crippen LogP contribution in [0.25, 0.3) is 0 Å². The van der Waals surface area contributed by atoms with Gasteiger partial charge in [-0.2, -0.15) is 0 Å². The largest absolute Gasteiger partial charge is 0.444 e. The molecule has 0 radical (unpaired) electrons. The van der Waals surface area contributed by atoms with Gasteiger partial charge in [0, 0.05) is 12.7 Å². The predicted molar refractivity (Wildman–Crippen MR) is 90.2 cm³/mol. The van der Waals surface area contributed by atoms with Crippen LogP contribution < -0.4 is 0 Å². The molecule has 0 bridgehead atoms. The van der Waals surface area contributed by atoms with Crippen LogP contribution in [0.1, 0.15) is 58.6 Å². The monoisotopic (exact) mass is 322 g/mol. The zero-order valence-electron chi connectivity index (χ0n) is 14.0. The summed E-state index contributed by atoms with van der Waals surface area (Å²) in [6, 6.07) is 4.22. The summed E-state index contributed by atoms with van der Waals surface area (Å²) in [5, 5.41) is 1.03. The molecule has 0 spiro atoms. The van der Waals surface area contributed by atoms with Gasteiger partial charge in [0.15, 0.2) is 0 Å². The van der Waals surface area contributed by atoms with Crippen LogP contribution in [0.2, 0.25) is 0 Å². The number of aromatic nitrogens is 1. The van der Waals surface area contributed by atoms with Crippen molar-refractivity contribution in [3.05, 3.63) is 23.9 Å². The van der Waals surface area contributed by atoms with Gasteiger partial charge in [0.25, 0.3) is 0 Å². The quantitative estimate of drug-likeness (QED) is 0.759. The second-order valence-corrected chi connectivity index (χ2v) is 7.83.